The highest BCUT2D eigenvalue weighted by Gasteiger charge is 2.20. The zero-order valence-electron chi connectivity index (χ0n) is 12.9. The van der Waals surface area contributed by atoms with Gasteiger partial charge in [-0.05, 0) is 30.7 Å². The predicted octanol–water partition coefficient (Wildman–Crippen LogP) is 4.42. The molecular weight excluding hydrogens is 342 g/mol. The minimum Gasteiger partial charge on any atom is -0.294 e. The lowest BCUT2D eigenvalue weighted by atomic mass is 10.1. The molecule has 0 aliphatic heterocycles. The Morgan fingerprint density at radius 3 is 2.12 bits per heavy atom. The fourth-order valence-corrected chi connectivity index (χ4v) is 4.70. The summed E-state index contributed by atoms with van der Waals surface area (Å²) < 4.78 is 27.6. The van der Waals surface area contributed by atoms with Gasteiger partial charge in [-0.15, -0.1) is 11.3 Å². The van der Waals surface area contributed by atoms with Gasteiger partial charge < -0.3 is 0 Å². The van der Waals surface area contributed by atoms with E-state index in [1.165, 1.54) is 30.4 Å². The first kappa shape index (κ1) is 16.4. The molecule has 0 unspecified atom stereocenters. The van der Waals surface area contributed by atoms with Gasteiger partial charge in [0.1, 0.15) is 5.00 Å². The van der Waals surface area contributed by atoms with E-state index >= 15 is 0 Å². The van der Waals surface area contributed by atoms with Crippen LogP contribution in [0.1, 0.15) is 17.3 Å². The third kappa shape index (κ3) is 3.39. The molecule has 0 bridgehead atoms. The summed E-state index contributed by atoms with van der Waals surface area (Å²) in [6.07, 6.45) is 0. The minimum atomic E-state index is -3.73. The molecule has 0 amide bonds. The first-order valence-corrected chi connectivity index (χ1v) is 9.55. The Labute approximate surface area is 144 Å². The number of carbonyl (C=O) groups is 1. The lowest BCUT2D eigenvalue weighted by Crippen LogP contribution is -2.13. The minimum absolute atomic E-state index is 0.161. The van der Waals surface area contributed by atoms with E-state index in [-0.39, 0.29) is 10.7 Å². The number of hydrogen-bond donors (Lipinski definition) is 1. The van der Waals surface area contributed by atoms with Gasteiger partial charge in [-0.25, -0.2) is 8.42 Å². The van der Waals surface area contributed by atoms with Crippen LogP contribution < -0.4 is 4.72 Å². The molecule has 2 aromatic carbocycles. The van der Waals surface area contributed by atoms with Crippen molar-refractivity contribution in [2.75, 3.05) is 4.72 Å². The van der Waals surface area contributed by atoms with Crippen molar-refractivity contribution in [3.63, 3.8) is 0 Å². The zero-order valence-corrected chi connectivity index (χ0v) is 14.5. The highest BCUT2D eigenvalue weighted by Crippen LogP contribution is 2.36. The van der Waals surface area contributed by atoms with Crippen molar-refractivity contribution in [1.29, 1.82) is 0 Å². The number of hydrogen-bond acceptors (Lipinski definition) is 4. The maximum atomic E-state index is 12.5. The van der Waals surface area contributed by atoms with Crippen molar-refractivity contribution >= 4 is 32.1 Å². The van der Waals surface area contributed by atoms with Crippen LogP contribution in [0.2, 0.25) is 0 Å². The number of rotatable bonds is 5. The summed E-state index contributed by atoms with van der Waals surface area (Å²) in [6, 6.07) is 19.4. The van der Waals surface area contributed by atoms with E-state index in [0.29, 0.717) is 10.6 Å². The lowest BCUT2D eigenvalue weighted by Gasteiger charge is -2.07. The van der Waals surface area contributed by atoms with Crippen molar-refractivity contribution < 1.29 is 13.2 Å². The van der Waals surface area contributed by atoms with E-state index in [1.807, 2.05) is 30.3 Å². The number of ketones is 1. The first-order chi connectivity index (χ1) is 11.5. The van der Waals surface area contributed by atoms with Gasteiger partial charge >= 0.3 is 0 Å². The Morgan fingerprint density at radius 2 is 1.54 bits per heavy atom. The number of thiophene rings is 1. The molecule has 0 fully saturated rings. The van der Waals surface area contributed by atoms with E-state index in [4.69, 9.17) is 0 Å². The van der Waals surface area contributed by atoms with E-state index in [1.54, 1.807) is 24.3 Å². The van der Waals surface area contributed by atoms with E-state index < -0.39 is 10.0 Å². The van der Waals surface area contributed by atoms with Gasteiger partial charge in [-0.3, -0.25) is 9.52 Å². The molecule has 1 heterocycles. The van der Waals surface area contributed by atoms with Crippen molar-refractivity contribution in [2.24, 2.45) is 0 Å². The van der Waals surface area contributed by atoms with Crippen LogP contribution in [0, 0.1) is 0 Å². The van der Waals surface area contributed by atoms with Crippen LogP contribution in [0.5, 0.6) is 0 Å². The molecule has 0 spiro atoms. The van der Waals surface area contributed by atoms with Gasteiger partial charge in [0.2, 0.25) is 0 Å². The molecule has 6 heteroatoms. The molecular formula is C18H15NO3S2. The van der Waals surface area contributed by atoms with Gasteiger partial charge in [0, 0.05) is 4.88 Å². The standard InChI is InChI=1S/C18H15NO3S2/c1-13(20)16-12-17(14-8-4-2-5-9-14)23-18(16)19-24(21,22)15-10-6-3-7-11-15/h2-12,19H,1H3. The van der Waals surface area contributed by atoms with Crippen LogP contribution in [0.4, 0.5) is 5.00 Å². The maximum absolute atomic E-state index is 12.5. The summed E-state index contributed by atoms with van der Waals surface area (Å²) in [5.74, 6) is -0.181. The summed E-state index contributed by atoms with van der Waals surface area (Å²) in [6.45, 7) is 1.43. The van der Waals surface area contributed by atoms with Crippen molar-refractivity contribution in [1.82, 2.24) is 0 Å². The van der Waals surface area contributed by atoms with E-state index in [0.717, 1.165) is 10.4 Å². The summed E-state index contributed by atoms with van der Waals surface area (Å²) >= 11 is 1.25. The lowest BCUT2D eigenvalue weighted by molar-refractivity contribution is 0.101. The first-order valence-electron chi connectivity index (χ1n) is 7.25. The molecule has 24 heavy (non-hydrogen) atoms. The number of anilines is 1. The van der Waals surface area contributed by atoms with Crippen molar-refractivity contribution in [3.8, 4) is 10.4 Å². The number of nitrogens with one attached hydrogen (secondary N) is 1. The van der Waals surface area contributed by atoms with Crippen LogP contribution in [0.25, 0.3) is 10.4 Å². The van der Waals surface area contributed by atoms with E-state index in [2.05, 4.69) is 4.72 Å². The monoisotopic (exact) mass is 357 g/mol. The highest BCUT2D eigenvalue weighted by atomic mass is 32.2. The number of Topliss-reactive ketones (excluding diaryl/α,β-unsaturated/α-hetero) is 1. The summed E-state index contributed by atoms with van der Waals surface area (Å²) in [4.78, 5) is 12.9. The molecule has 1 N–H and O–H groups in total. The van der Waals surface area contributed by atoms with Crippen LogP contribution in [0.3, 0.4) is 0 Å². The van der Waals surface area contributed by atoms with Gasteiger partial charge in [0.05, 0.1) is 10.5 Å². The zero-order chi connectivity index (χ0) is 17.2. The average Bonchev–Trinajstić information content (AvgIpc) is 3.00. The molecule has 4 nitrogen and oxygen atoms in total. The molecule has 0 aliphatic carbocycles. The Hall–Kier alpha value is -2.44. The second kappa shape index (κ2) is 6.59. The summed E-state index contributed by atoms with van der Waals surface area (Å²) in [7, 11) is -3.73. The molecule has 0 aliphatic rings. The van der Waals surface area contributed by atoms with Crippen molar-refractivity contribution in [3.05, 3.63) is 72.3 Å². The van der Waals surface area contributed by atoms with Crippen LogP contribution in [-0.2, 0) is 10.0 Å². The summed E-state index contributed by atoms with van der Waals surface area (Å²) in [5.41, 5.74) is 1.31. The Balaban J connectivity index is 2.02. The fourth-order valence-electron chi connectivity index (χ4n) is 2.25. The second-order valence-electron chi connectivity index (χ2n) is 5.19. The molecule has 3 rings (SSSR count). The Kier molecular flexibility index (Phi) is 4.51. The summed E-state index contributed by atoms with van der Waals surface area (Å²) in [5, 5.41) is 0.338. The van der Waals surface area contributed by atoms with Crippen molar-refractivity contribution in [2.45, 2.75) is 11.8 Å². The molecule has 0 saturated carbocycles. The van der Waals surface area contributed by atoms with Crippen LogP contribution >= 0.6 is 11.3 Å². The van der Waals surface area contributed by atoms with Crippen LogP contribution in [-0.4, -0.2) is 14.2 Å². The fraction of sp³-hybridized carbons (Fsp3) is 0.0556. The van der Waals surface area contributed by atoms with E-state index in [9.17, 15) is 13.2 Å². The second-order valence-corrected chi connectivity index (χ2v) is 7.93. The predicted molar refractivity (Wildman–Crippen MR) is 97.0 cm³/mol. The molecule has 0 saturated heterocycles. The number of sulfonamides is 1. The normalized spacial score (nSPS) is 11.2. The SMILES string of the molecule is CC(=O)c1cc(-c2ccccc2)sc1NS(=O)(=O)c1ccccc1. The van der Waals surface area contributed by atoms with Crippen LogP contribution in [0.15, 0.2) is 71.6 Å². The highest BCUT2D eigenvalue weighted by molar-refractivity contribution is 7.93. The number of benzene rings is 2. The molecule has 0 radical (unpaired) electrons. The maximum Gasteiger partial charge on any atom is 0.262 e. The molecule has 122 valence electrons. The molecule has 0 atom stereocenters. The molecule has 3 aromatic rings. The smallest absolute Gasteiger partial charge is 0.262 e. The third-order valence-electron chi connectivity index (χ3n) is 3.45. The third-order valence-corrected chi connectivity index (χ3v) is 6.04. The van der Waals surface area contributed by atoms with Gasteiger partial charge in [0.15, 0.2) is 5.78 Å². The Morgan fingerprint density at radius 1 is 0.958 bits per heavy atom. The quantitative estimate of drug-likeness (QED) is 0.688. The molecule has 1 aromatic heterocycles. The van der Waals surface area contributed by atoms with Gasteiger partial charge in [-0.2, -0.15) is 0 Å². The number of carbonyl (C=O) groups excluding carboxylic acids is 1. The van der Waals surface area contributed by atoms with Gasteiger partial charge in [0.25, 0.3) is 10.0 Å². The largest absolute Gasteiger partial charge is 0.294 e. The average molecular weight is 357 g/mol. The van der Waals surface area contributed by atoms with Gasteiger partial charge in [-0.1, -0.05) is 48.5 Å². The Bertz CT molecular complexity index is 962. The topological polar surface area (TPSA) is 63.2 Å².